The summed E-state index contributed by atoms with van der Waals surface area (Å²) in [7, 11) is 1.65. The second-order valence-corrected chi connectivity index (χ2v) is 7.81. The van der Waals surface area contributed by atoms with Gasteiger partial charge in [-0.3, -0.25) is 9.20 Å². The molecular formula is C20H23N3O2S. The van der Waals surface area contributed by atoms with Crippen molar-refractivity contribution in [2.24, 2.45) is 0 Å². The molecule has 3 aromatic rings. The van der Waals surface area contributed by atoms with E-state index in [2.05, 4.69) is 13.8 Å². The number of imidazole rings is 1. The molecule has 0 N–H and O–H groups in total. The van der Waals surface area contributed by atoms with Crippen LogP contribution in [-0.4, -0.2) is 39.4 Å². The summed E-state index contributed by atoms with van der Waals surface area (Å²) in [5.74, 6) is 0.924. The SMILES string of the molecule is COc1ccc(-c2cn3c(C(=O)N4C(C)CCCC4C)csc3n2)cc1. The van der Waals surface area contributed by atoms with E-state index in [9.17, 15) is 4.79 Å². The Hall–Kier alpha value is -2.34. The fourth-order valence-corrected chi connectivity index (χ4v) is 4.64. The lowest BCUT2D eigenvalue weighted by molar-refractivity contribution is 0.0504. The van der Waals surface area contributed by atoms with E-state index in [1.165, 1.54) is 17.8 Å². The van der Waals surface area contributed by atoms with Gasteiger partial charge in [0, 0.05) is 29.2 Å². The van der Waals surface area contributed by atoms with Crippen LogP contribution < -0.4 is 4.74 Å². The van der Waals surface area contributed by atoms with Crippen molar-refractivity contribution in [2.75, 3.05) is 7.11 Å². The number of nitrogens with zero attached hydrogens (tertiary/aromatic N) is 3. The largest absolute Gasteiger partial charge is 0.497 e. The van der Waals surface area contributed by atoms with Crippen LogP contribution in [0, 0.1) is 0 Å². The van der Waals surface area contributed by atoms with E-state index in [0.717, 1.165) is 34.8 Å². The molecule has 2 unspecified atom stereocenters. The van der Waals surface area contributed by atoms with Crippen molar-refractivity contribution in [3.05, 3.63) is 41.5 Å². The first-order valence-electron chi connectivity index (χ1n) is 9.02. The van der Waals surface area contributed by atoms with Gasteiger partial charge in [-0.15, -0.1) is 11.3 Å². The lowest BCUT2D eigenvalue weighted by Gasteiger charge is -2.38. The molecule has 2 aromatic heterocycles. The molecule has 1 amide bonds. The summed E-state index contributed by atoms with van der Waals surface area (Å²) in [5, 5.41) is 1.93. The Bertz CT molecular complexity index is 918. The van der Waals surface area contributed by atoms with Gasteiger partial charge >= 0.3 is 0 Å². The van der Waals surface area contributed by atoms with Gasteiger partial charge in [0.1, 0.15) is 11.4 Å². The van der Waals surface area contributed by atoms with E-state index in [4.69, 9.17) is 9.72 Å². The summed E-state index contributed by atoms with van der Waals surface area (Å²) in [6.07, 6.45) is 5.30. The van der Waals surface area contributed by atoms with Crippen LogP contribution in [0.2, 0.25) is 0 Å². The molecular weight excluding hydrogens is 346 g/mol. The highest BCUT2D eigenvalue weighted by Gasteiger charge is 2.31. The number of hydrogen-bond acceptors (Lipinski definition) is 4. The standard InChI is InChI=1S/C20H23N3O2S/c1-13-5-4-6-14(2)23(13)19(24)18-12-26-20-21-17(11-22(18)20)15-7-9-16(25-3)10-8-15/h7-14H,4-6H2,1-3H3. The van der Waals surface area contributed by atoms with Gasteiger partial charge in [-0.1, -0.05) is 0 Å². The van der Waals surface area contributed by atoms with Crippen molar-refractivity contribution in [3.8, 4) is 17.0 Å². The van der Waals surface area contributed by atoms with Crippen LogP contribution >= 0.6 is 11.3 Å². The summed E-state index contributed by atoms with van der Waals surface area (Å²) in [6.45, 7) is 4.29. The molecule has 1 aliphatic heterocycles. The number of rotatable bonds is 3. The summed E-state index contributed by atoms with van der Waals surface area (Å²) < 4.78 is 7.14. The molecule has 0 saturated carbocycles. The quantitative estimate of drug-likeness (QED) is 0.684. The maximum atomic E-state index is 13.2. The minimum Gasteiger partial charge on any atom is -0.497 e. The van der Waals surface area contributed by atoms with E-state index in [0.29, 0.717) is 5.69 Å². The lowest BCUT2D eigenvalue weighted by atomic mass is 9.97. The number of carbonyl (C=O) groups excluding carboxylic acids is 1. The maximum absolute atomic E-state index is 13.2. The van der Waals surface area contributed by atoms with E-state index in [1.807, 2.05) is 45.1 Å². The number of amides is 1. The smallest absolute Gasteiger partial charge is 0.272 e. The third-order valence-electron chi connectivity index (χ3n) is 5.24. The Morgan fingerprint density at radius 3 is 2.54 bits per heavy atom. The number of ether oxygens (including phenoxy) is 1. The maximum Gasteiger partial charge on any atom is 0.272 e. The fraction of sp³-hybridized carbons (Fsp3) is 0.400. The molecule has 0 bridgehead atoms. The molecule has 136 valence electrons. The predicted molar refractivity (Wildman–Crippen MR) is 104 cm³/mol. The normalized spacial score (nSPS) is 20.5. The van der Waals surface area contributed by atoms with Crippen LogP contribution in [0.3, 0.4) is 0 Å². The van der Waals surface area contributed by atoms with Gasteiger partial charge in [0.05, 0.1) is 12.8 Å². The highest BCUT2D eigenvalue weighted by atomic mass is 32.1. The van der Waals surface area contributed by atoms with Crippen molar-refractivity contribution >= 4 is 22.2 Å². The molecule has 1 saturated heterocycles. The molecule has 2 atom stereocenters. The highest BCUT2D eigenvalue weighted by molar-refractivity contribution is 7.15. The van der Waals surface area contributed by atoms with Crippen molar-refractivity contribution in [3.63, 3.8) is 0 Å². The molecule has 1 fully saturated rings. The number of fused-ring (bicyclic) bond motifs is 1. The van der Waals surface area contributed by atoms with Crippen LogP contribution in [0.4, 0.5) is 0 Å². The average Bonchev–Trinajstić information content (AvgIpc) is 3.22. The second kappa shape index (κ2) is 6.76. The molecule has 1 aliphatic rings. The Labute approximate surface area is 157 Å². The summed E-state index contributed by atoms with van der Waals surface area (Å²) in [6, 6.07) is 8.39. The number of likely N-dealkylation sites (tertiary alicyclic amines) is 1. The number of methoxy groups -OCH3 is 1. The number of aromatic nitrogens is 2. The topological polar surface area (TPSA) is 46.8 Å². The van der Waals surface area contributed by atoms with Crippen LogP contribution in [0.25, 0.3) is 16.2 Å². The van der Waals surface area contributed by atoms with Crippen molar-refractivity contribution < 1.29 is 9.53 Å². The van der Waals surface area contributed by atoms with Crippen molar-refractivity contribution in [1.82, 2.24) is 14.3 Å². The molecule has 0 radical (unpaired) electrons. The summed E-state index contributed by atoms with van der Waals surface area (Å²) >= 11 is 1.51. The fourth-order valence-electron chi connectivity index (χ4n) is 3.79. The van der Waals surface area contributed by atoms with E-state index < -0.39 is 0 Å². The number of hydrogen-bond donors (Lipinski definition) is 0. The average molecular weight is 369 g/mol. The van der Waals surface area contributed by atoms with Gasteiger partial charge in [-0.05, 0) is 57.4 Å². The zero-order valence-electron chi connectivity index (χ0n) is 15.3. The van der Waals surface area contributed by atoms with Gasteiger partial charge in [0.2, 0.25) is 0 Å². The minimum absolute atomic E-state index is 0.106. The second-order valence-electron chi connectivity index (χ2n) is 6.97. The number of benzene rings is 1. The third-order valence-corrected chi connectivity index (χ3v) is 6.08. The molecule has 5 nitrogen and oxygen atoms in total. The van der Waals surface area contributed by atoms with E-state index in [-0.39, 0.29) is 18.0 Å². The van der Waals surface area contributed by atoms with E-state index in [1.54, 1.807) is 7.11 Å². The Kier molecular flexibility index (Phi) is 4.44. The van der Waals surface area contributed by atoms with Crippen LogP contribution in [0.15, 0.2) is 35.8 Å². The van der Waals surface area contributed by atoms with Gasteiger partial charge < -0.3 is 9.64 Å². The third kappa shape index (κ3) is 2.88. The molecule has 1 aromatic carbocycles. The van der Waals surface area contributed by atoms with Crippen LogP contribution in [-0.2, 0) is 0 Å². The Morgan fingerprint density at radius 2 is 1.88 bits per heavy atom. The first-order chi connectivity index (χ1) is 12.6. The van der Waals surface area contributed by atoms with Gasteiger partial charge in [0.15, 0.2) is 4.96 Å². The van der Waals surface area contributed by atoms with Crippen molar-refractivity contribution in [2.45, 2.75) is 45.2 Å². The first-order valence-corrected chi connectivity index (χ1v) is 9.90. The molecule has 6 heteroatoms. The zero-order valence-corrected chi connectivity index (χ0v) is 16.1. The van der Waals surface area contributed by atoms with Gasteiger partial charge in [0.25, 0.3) is 5.91 Å². The zero-order chi connectivity index (χ0) is 18.3. The molecule has 26 heavy (non-hydrogen) atoms. The summed E-state index contributed by atoms with van der Waals surface area (Å²) in [4.78, 5) is 20.8. The first kappa shape index (κ1) is 17.1. The predicted octanol–water partition coefficient (Wildman–Crippen LogP) is 4.47. The van der Waals surface area contributed by atoms with Crippen LogP contribution in [0.1, 0.15) is 43.6 Å². The summed E-state index contributed by atoms with van der Waals surface area (Å²) in [5.41, 5.74) is 2.59. The highest BCUT2D eigenvalue weighted by Crippen LogP contribution is 2.29. The Morgan fingerprint density at radius 1 is 1.19 bits per heavy atom. The minimum atomic E-state index is 0.106. The number of thiazole rings is 1. The molecule has 0 spiro atoms. The Balaban J connectivity index is 1.68. The molecule has 0 aliphatic carbocycles. The van der Waals surface area contributed by atoms with Gasteiger partial charge in [-0.2, -0.15) is 0 Å². The van der Waals surface area contributed by atoms with Gasteiger partial charge in [-0.25, -0.2) is 4.98 Å². The van der Waals surface area contributed by atoms with Crippen molar-refractivity contribution in [1.29, 1.82) is 0 Å². The molecule has 3 heterocycles. The molecule has 4 rings (SSSR count). The lowest BCUT2D eigenvalue weighted by Crippen LogP contribution is -2.47. The number of piperidine rings is 1. The van der Waals surface area contributed by atoms with E-state index >= 15 is 0 Å². The number of carbonyl (C=O) groups is 1. The monoisotopic (exact) mass is 369 g/mol. The van der Waals surface area contributed by atoms with Crippen LogP contribution in [0.5, 0.6) is 5.75 Å².